The van der Waals surface area contributed by atoms with Crippen LogP contribution in [0.4, 0.5) is 11.4 Å². The van der Waals surface area contributed by atoms with E-state index in [-0.39, 0.29) is 22.5 Å². The number of sulfonamides is 1. The lowest BCUT2D eigenvalue weighted by Gasteiger charge is -2.15. The summed E-state index contributed by atoms with van der Waals surface area (Å²) in [6, 6.07) is 19.0. The fraction of sp³-hybridized carbons (Fsp3) is 0.208. The highest BCUT2D eigenvalue weighted by Gasteiger charge is 2.27. The van der Waals surface area contributed by atoms with Crippen molar-refractivity contribution in [1.82, 2.24) is 9.29 Å². The molecule has 176 valence electrons. The lowest BCUT2D eigenvalue weighted by atomic mass is 10.1. The fourth-order valence-corrected chi connectivity index (χ4v) is 5.62. The van der Waals surface area contributed by atoms with E-state index in [1.807, 2.05) is 18.2 Å². The first-order valence-corrected chi connectivity index (χ1v) is 13.2. The van der Waals surface area contributed by atoms with Gasteiger partial charge in [-0.15, -0.1) is 0 Å². The van der Waals surface area contributed by atoms with Gasteiger partial charge in [0.15, 0.2) is 0 Å². The van der Waals surface area contributed by atoms with Crippen molar-refractivity contribution >= 4 is 45.0 Å². The average Bonchev–Trinajstić information content (AvgIpc) is 3.40. The van der Waals surface area contributed by atoms with Gasteiger partial charge >= 0.3 is 0 Å². The van der Waals surface area contributed by atoms with Gasteiger partial charge in [-0.25, -0.2) is 13.4 Å². The van der Waals surface area contributed by atoms with E-state index in [4.69, 9.17) is 0 Å². The number of para-hydroxylation sites is 2. The number of benzene rings is 2. The first-order valence-electron chi connectivity index (χ1n) is 10.8. The van der Waals surface area contributed by atoms with Crippen molar-refractivity contribution in [2.75, 3.05) is 29.5 Å². The van der Waals surface area contributed by atoms with E-state index in [1.54, 1.807) is 42.5 Å². The number of nitrogens with zero attached hydrogens (tertiary/aromatic N) is 2. The topological polar surface area (TPSA) is 108 Å². The molecule has 1 aliphatic heterocycles. The van der Waals surface area contributed by atoms with E-state index < -0.39 is 10.0 Å². The van der Waals surface area contributed by atoms with Crippen molar-refractivity contribution in [1.29, 1.82) is 0 Å². The number of hydrogen-bond acceptors (Lipinski definition) is 6. The molecule has 2 amide bonds. The summed E-state index contributed by atoms with van der Waals surface area (Å²) in [6.07, 6.45) is 3.07. The summed E-state index contributed by atoms with van der Waals surface area (Å²) in [4.78, 5) is 29.6. The van der Waals surface area contributed by atoms with E-state index in [0.29, 0.717) is 35.1 Å². The monoisotopic (exact) mass is 496 g/mol. The van der Waals surface area contributed by atoms with Crippen LogP contribution in [0.25, 0.3) is 0 Å². The number of amides is 2. The molecule has 2 heterocycles. The van der Waals surface area contributed by atoms with Crippen LogP contribution >= 0.6 is 11.8 Å². The van der Waals surface area contributed by atoms with Crippen LogP contribution in [-0.4, -0.2) is 48.4 Å². The summed E-state index contributed by atoms with van der Waals surface area (Å²) < 4.78 is 26.7. The van der Waals surface area contributed by atoms with Crippen molar-refractivity contribution in [3.05, 3.63) is 78.5 Å². The summed E-state index contributed by atoms with van der Waals surface area (Å²) in [6.45, 7) is 1.06. The highest BCUT2D eigenvalue weighted by atomic mass is 32.2. The minimum atomic E-state index is -3.52. The van der Waals surface area contributed by atoms with Crippen molar-refractivity contribution in [3.8, 4) is 0 Å². The van der Waals surface area contributed by atoms with E-state index in [1.165, 1.54) is 28.3 Å². The van der Waals surface area contributed by atoms with Gasteiger partial charge in [-0.3, -0.25) is 9.59 Å². The largest absolute Gasteiger partial charge is 0.325 e. The Kier molecular flexibility index (Phi) is 7.61. The zero-order chi connectivity index (χ0) is 24.0. The molecule has 2 aromatic carbocycles. The molecule has 0 bridgehead atoms. The fourth-order valence-electron chi connectivity index (χ4n) is 3.52. The maximum atomic E-state index is 12.7. The molecule has 10 heteroatoms. The van der Waals surface area contributed by atoms with Crippen molar-refractivity contribution in [2.45, 2.75) is 22.8 Å². The Morgan fingerprint density at radius 2 is 1.62 bits per heavy atom. The second-order valence-electron chi connectivity index (χ2n) is 7.65. The Labute approximate surface area is 202 Å². The quantitative estimate of drug-likeness (QED) is 0.459. The number of thioether (sulfide) groups is 1. The second kappa shape index (κ2) is 10.8. The second-order valence-corrected chi connectivity index (χ2v) is 10.6. The zero-order valence-corrected chi connectivity index (χ0v) is 19.9. The van der Waals surface area contributed by atoms with Gasteiger partial charge in [0.1, 0.15) is 4.90 Å². The number of hydrogen-bond donors (Lipinski definition) is 2. The maximum Gasteiger partial charge on any atom is 0.257 e. The number of carbonyl (C=O) groups is 2. The number of anilines is 2. The van der Waals surface area contributed by atoms with Crippen LogP contribution in [0.1, 0.15) is 23.2 Å². The predicted octanol–water partition coefficient (Wildman–Crippen LogP) is 3.85. The van der Waals surface area contributed by atoms with Crippen LogP contribution < -0.4 is 10.6 Å². The van der Waals surface area contributed by atoms with Gasteiger partial charge in [0.05, 0.1) is 22.0 Å². The molecule has 1 fully saturated rings. The number of carbonyl (C=O) groups excluding carboxylic acids is 2. The van der Waals surface area contributed by atoms with Crippen LogP contribution in [-0.2, 0) is 14.8 Å². The summed E-state index contributed by atoms with van der Waals surface area (Å²) in [5, 5.41) is 6.11. The molecule has 2 N–H and O–H groups in total. The van der Waals surface area contributed by atoms with Gasteiger partial charge < -0.3 is 10.6 Å². The minimum Gasteiger partial charge on any atom is -0.325 e. The van der Waals surface area contributed by atoms with Crippen LogP contribution in [0.15, 0.2) is 82.8 Å². The molecule has 8 nitrogen and oxygen atoms in total. The molecule has 34 heavy (non-hydrogen) atoms. The minimum absolute atomic E-state index is 0.0554. The highest BCUT2D eigenvalue weighted by molar-refractivity contribution is 7.99. The molecule has 0 saturated carbocycles. The smallest absolute Gasteiger partial charge is 0.257 e. The SMILES string of the molecule is O=C(CSc1ccc(S(=O)(=O)N2CCCC2)cn1)Nc1ccccc1C(=O)Nc1ccccc1. The molecule has 0 atom stereocenters. The van der Waals surface area contributed by atoms with Gasteiger partial charge in [-0.2, -0.15) is 4.31 Å². The Hall–Kier alpha value is -3.21. The summed E-state index contributed by atoms with van der Waals surface area (Å²) >= 11 is 1.18. The van der Waals surface area contributed by atoms with Crippen molar-refractivity contribution in [3.63, 3.8) is 0 Å². The first-order chi connectivity index (χ1) is 16.4. The molecule has 3 aromatic rings. The third-order valence-corrected chi connectivity index (χ3v) is 8.07. The number of aromatic nitrogens is 1. The summed E-state index contributed by atoms with van der Waals surface area (Å²) in [5.41, 5.74) is 1.41. The molecule has 0 aliphatic carbocycles. The van der Waals surface area contributed by atoms with Crippen molar-refractivity contribution in [2.24, 2.45) is 0 Å². The molecule has 0 radical (unpaired) electrons. The van der Waals surface area contributed by atoms with Gasteiger partial charge in [0.25, 0.3) is 5.91 Å². The van der Waals surface area contributed by atoms with E-state index in [9.17, 15) is 18.0 Å². The molecular weight excluding hydrogens is 472 g/mol. The summed E-state index contributed by atoms with van der Waals surface area (Å²) in [7, 11) is -3.52. The molecule has 1 aromatic heterocycles. The van der Waals surface area contributed by atoms with Gasteiger partial charge in [-0.05, 0) is 49.2 Å². The Morgan fingerprint density at radius 1 is 0.912 bits per heavy atom. The lowest BCUT2D eigenvalue weighted by molar-refractivity contribution is -0.113. The standard InChI is InChI=1S/C24H24N4O4S2/c29-22(17-33-23-13-12-19(16-25-23)34(31,32)28-14-6-7-15-28)27-21-11-5-4-10-20(21)24(30)26-18-8-2-1-3-9-18/h1-5,8-13,16H,6-7,14-15,17H2,(H,26,30)(H,27,29). The molecule has 1 aliphatic rings. The van der Waals surface area contributed by atoms with Gasteiger partial charge in [-0.1, -0.05) is 42.1 Å². The van der Waals surface area contributed by atoms with Crippen LogP contribution in [0, 0.1) is 0 Å². The van der Waals surface area contributed by atoms with E-state index >= 15 is 0 Å². The normalized spacial score (nSPS) is 14.0. The van der Waals surface area contributed by atoms with Crippen LogP contribution in [0.2, 0.25) is 0 Å². The Balaban J connectivity index is 1.35. The Morgan fingerprint density at radius 3 is 2.32 bits per heavy atom. The third kappa shape index (κ3) is 5.82. The molecular formula is C24H24N4O4S2. The maximum absolute atomic E-state index is 12.7. The van der Waals surface area contributed by atoms with Gasteiger partial charge in [0.2, 0.25) is 15.9 Å². The number of nitrogens with one attached hydrogen (secondary N) is 2. The zero-order valence-electron chi connectivity index (χ0n) is 18.3. The number of pyridine rings is 1. The molecule has 4 rings (SSSR count). The lowest BCUT2D eigenvalue weighted by Crippen LogP contribution is -2.27. The molecule has 1 saturated heterocycles. The van der Waals surface area contributed by atoms with E-state index in [0.717, 1.165) is 12.8 Å². The first kappa shape index (κ1) is 23.9. The van der Waals surface area contributed by atoms with Crippen molar-refractivity contribution < 1.29 is 18.0 Å². The predicted molar refractivity (Wildman–Crippen MR) is 132 cm³/mol. The molecule has 0 unspecified atom stereocenters. The average molecular weight is 497 g/mol. The number of rotatable bonds is 8. The third-order valence-electron chi connectivity index (χ3n) is 5.24. The highest BCUT2D eigenvalue weighted by Crippen LogP contribution is 2.23. The van der Waals surface area contributed by atoms with Crippen LogP contribution in [0.5, 0.6) is 0 Å². The Bertz CT molecular complexity index is 1260. The summed E-state index contributed by atoms with van der Waals surface area (Å²) in [5.74, 6) is -0.577. The van der Waals surface area contributed by atoms with E-state index in [2.05, 4.69) is 15.6 Å². The van der Waals surface area contributed by atoms with Gasteiger partial charge in [0, 0.05) is 25.0 Å². The van der Waals surface area contributed by atoms with Crippen LogP contribution in [0.3, 0.4) is 0 Å². The molecule has 0 spiro atoms.